The van der Waals surface area contributed by atoms with Crippen molar-refractivity contribution in [2.24, 2.45) is 0 Å². The number of para-hydroxylation sites is 1. The van der Waals surface area contributed by atoms with Crippen LogP contribution in [-0.2, 0) is 6.42 Å². The van der Waals surface area contributed by atoms with Gasteiger partial charge in [0.05, 0.1) is 12.1 Å². The molecule has 0 bridgehead atoms. The molecule has 18 heavy (non-hydrogen) atoms. The normalized spacial score (nSPS) is 14.3. The number of aromatic amines is 1. The molecule has 0 unspecified atom stereocenters. The van der Waals surface area contributed by atoms with E-state index in [9.17, 15) is 9.90 Å². The molecule has 5 heteroatoms. The highest BCUT2D eigenvalue weighted by Crippen LogP contribution is 2.22. The molecule has 1 atom stereocenters. The average Bonchev–Trinajstić information content (AvgIpc) is 2.72. The monoisotopic (exact) mass is 248 g/mol. The molecule has 0 aliphatic rings. The van der Waals surface area contributed by atoms with Crippen LogP contribution in [0.3, 0.4) is 0 Å². The van der Waals surface area contributed by atoms with Gasteiger partial charge in [-0.15, -0.1) is 0 Å². The summed E-state index contributed by atoms with van der Waals surface area (Å²) in [6.07, 6.45) is 1.15. The number of fused-ring (bicyclic) bond motifs is 1. The molecular formula is C13H16N2O3. The number of hydrogen-bond donors (Lipinski definition) is 4. The zero-order chi connectivity index (χ0) is 13.2. The summed E-state index contributed by atoms with van der Waals surface area (Å²) in [6, 6.07) is 7.80. The number of rotatable bonds is 4. The molecule has 0 fully saturated rings. The minimum absolute atomic E-state index is 0.251. The third kappa shape index (κ3) is 2.46. The topological polar surface area (TPSA) is 85.4 Å². The molecule has 0 radical (unpaired) electrons. The maximum Gasteiger partial charge on any atom is 0.405 e. The van der Waals surface area contributed by atoms with Crippen molar-refractivity contribution in [2.45, 2.75) is 18.9 Å². The van der Waals surface area contributed by atoms with Gasteiger partial charge in [-0.25, -0.2) is 4.79 Å². The molecule has 2 aromatic rings. The van der Waals surface area contributed by atoms with Crippen LogP contribution in [0.15, 0.2) is 30.5 Å². The van der Waals surface area contributed by atoms with Crippen molar-refractivity contribution in [3.8, 4) is 0 Å². The van der Waals surface area contributed by atoms with Gasteiger partial charge in [-0.3, -0.25) is 0 Å². The van der Waals surface area contributed by atoms with Crippen LogP contribution in [0, 0.1) is 0 Å². The molecule has 4 N–H and O–H groups in total. The summed E-state index contributed by atoms with van der Waals surface area (Å²) in [4.78, 5) is 13.9. The Labute approximate surface area is 104 Å². The van der Waals surface area contributed by atoms with Gasteiger partial charge in [-0.2, -0.15) is 0 Å². The van der Waals surface area contributed by atoms with E-state index in [2.05, 4.69) is 10.3 Å². The van der Waals surface area contributed by atoms with Crippen molar-refractivity contribution in [2.75, 3.05) is 6.61 Å². The van der Waals surface area contributed by atoms with Crippen LogP contribution in [-0.4, -0.2) is 33.4 Å². The number of aromatic nitrogens is 1. The zero-order valence-electron chi connectivity index (χ0n) is 10.1. The minimum atomic E-state index is -1.13. The first-order valence-electron chi connectivity index (χ1n) is 5.71. The molecule has 0 saturated heterocycles. The van der Waals surface area contributed by atoms with E-state index in [-0.39, 0.29) is 6.61 Å². The summed E-state index contributed by atoms with van der Waals surface area (Å²) >= 11 is 0. The second-order valence-corrected chi connectivity index (χ2v) is 4.69. The van der Waals surface area contributed by atoms with Gasteiger partial charge < -0.3 is 20.5 Å². The fourth-order valence-electron chi connectivity index (χ4n) is 2.10. The number of amides is 1. The van der Waals surface area contributed by atoms with Crippen molar-refractivity contribution >= 4 is 17.0 Å². The van der Waals surface area contributed by atoms with E-state index in [0.717, 1.165) is 16.5 Å². The fraction of sp³-hybridized carbons (Fsp3) is 0.308. The summed E-state index contributed by atoms with van der Waals surface area (Å²) in [5.74, 6) is 0. The third-order valence-corrected chi connectivity index (χ3v) is 3.01. The van der Waals surface area contributed by atoms with E-state index in [1.807, 2.05) is 30.5 Å². The Morgan fingerprint density at radius 3 is 2.83 bits per heavy atom. The predicted molar refractivity (Wildman–Crippen MR) is 68.7 cm³/mol. The molecule has 1 heterocycles. The molecule has 5 nitrogen and oxygen atoms in total. The summed E-state index contributed by atoms with van der Waals surface area (Å²) in [5, 5.41) is 21.6. The van der Waals surface area contributed by atoms with E-state index in [0.29, 0.717) is 6.42 Å². The van der Waals surface area contributed by atoms with Crippen molar-refractivity contribution < 1.29 is 15.0 Å². The first-order valence-corrected chi connectivity index (χ1v) is 5.71. The van der Waals surface area contributed by atoms with Crippen LogP contribution in [0.2, 0.25) is 0 Å². The van der Waals surface area contributed by atoms with Gasteiger partial charge in [0.1, 0.15) is 0 Å². The number of benzene rings is 1. The van der Waals surface area contributed by atoms with Crippen LogP contribution >= 0.6 is 0 Å². The largest absolute Gasteiger partial charge is 0.465 e. The Kier molecular flexibility index (Phi) is 3.25. The lowest BCUT2D eigenvalue weighted by atomic mass is 9.93. The minimum Gasteiger partial charge on any atom is -0.465 e. The maximum absolute atomic E-state index is 10.7. The fourth-order valence-corrected chi connectivity index (χ4v) is 2.10. The van der Waals surface area contributed by atoms with Gasteiger partial charge in [0.15, 0.2) is 0 Å². The van der Waals surface area contributed by atoms with Gasteiger partial charge in [-0.1, -0.05) is 18.2 Å². The van der Waals surface area contributed by atoms with Crippen LogP contribution in [0.4, 0.5) is 4.79 Å². The van der Waals surface area contributed by atoms with Crippen LogP contribution in [0.1, 0.15) is 12.5 Å². The van der Waals surface area contributed by atoms with E-state index in [1.54, 1.807) is 6.92 Å². The van der Waals surface area contributed by atoms with Gasteiger partial charge in [0.2, 0.25) is 0 Å². The van der Waals surface area contributed by atoms with Crippen LogP contribution < -0.4 is 5.32 Å². The molecule has 2 rings (SSSR count). The number of nitrogens with one attached hydrogen (secondary N) is 2. The van der Waals surface area contributed by atoms with Gasteiger partial charge >= 0.3 is 6.09 Å². The lowest BCUT2D eigenvalue weighted by Gasteiger charge is -2.26. The molecule has 1 aromatic heterocycles. The molecule has 0 aliphatic heterocycles. The Morgan fingerprint density at radius 1 is 1.44 bits per heavy atom. The Balaban J connectivity index is 2.29. The first-order chi connectivity index (χ1) is 8.54. The summed E-state index contributed by atoms with van der Waals surface area (Å²) in [6.45, 7) is 1.43. The first kappa shape index (κ1) is 12.4. The molecule has 0 aliphatic carbocycles. The summed E-state index contributed by atoms with van der Waals surface area (Å²) in [5.41, 5.74) is 1.11. The van der Waals surface area contributed by atoms with Gasteiger partial charge in [-0.05, 0) is 25.0 Å². The quantitative estimate of drug-likeness (QED) is 0.664. The Morgan fingerprint density at radius 2 is 2.17 bits per heavy atom. The molecule has 1 aromatic carbocycles. The number of carboxylic acid groups (broad SMARTS) is 1. The zero-order valence-corrected chi connectivity index (χ0v) is 10.1. The van der Waals surface area contributed by atoms with Crippen molar-refractivity contribution in [3.05, 3.63) is 36.0 Å². The standard InChI is InChI=1S/C13H16N2O3/c1-13(8-16,15-12(17)18)6-9-7-14-11-5-3-2-4-10(9)11/h2-5,7,14-16H,6,8H2,1H3,(H,17,18)/t13-/m1/s1. The summed E-state index contributed by atoms with van der Waals surface area (Å²) < 4.78 is 0. The molecule has 0 saturated carbocycles. The van der Waals surface area contributed by atoms with Gasteiger partial charge in [0.25, 0.3) is 0 Å². The van der Waals surface area contributed by atoms with Crippen molar-refractivity contribution in [1.82, 2.24) is 10.3 Å². The third-order valence-electron chi connectivity index (χ3n) is 3.01. The summed E-state index contributed by atoms with van der Waals surface area (Å²) in [7, 11) is 0. The highest BCUT2D eigenvalue weighted by molar-refractivity contribution is 5.83. The number of aliphatic hydroxyl groups excluding tert-OH is 1. The van der Waals surface area contributed by atoms with E-state index in [4.69, 9.17) is 5.11 Å². The molecule has 0 spiro atoms. The number of aliphatic hydroxyl groups is 1. The van der Waals surface area contributed by atoms with E-state index in [1.165, 1.54) is 0 Å². The molecule has 1 amide bonds. The second-order valence-electron chi connectivity index (χ2n) is 4.69. The second kappa shape index (κ2) is 4.70. The van der Waals surface area contributed by atoms with E-state index >= 15 is 0 Å². The predicted octanol–water partition coefficient (Wildman–Crippen LogP) is 1.73. The lowest BCUT2D eigenvalue weighted by Crippen LogP contribution is -2.50. The number of carbonyl (C=O) groups is 1. The highest BCUT2D eigenvalue weighted by Gasteiger charge is 2.26. The van der Waals surface area contributed by atoms with Crippen molar-refractivity contribution in [1.29, 1.82) is 0 Å². The molecule has 96 valence electrons. The molecular weight excluding hydrogens is 232 g/mol. The lowest BCUT2D eigenvalue weighted by molar-refractivity contribution is 0.146. The average molecular weight is 248 g/mol. The number of H-pyrrole nitrogens is 1. The van der Waals surface area contributed by atoms with E-state index < -0.39 is 11.6 Å². The smallest absolute Gasteiger partial charge is 0.405 e. The SMILES string of the molecule is C[C@](CO)(Cc1c[nH]c2ccccc12)NC(=O)O. The Bertz CT molecular complexity index is 564. The Hall–Kier alpha value is -2.01. The highest BCUT2D eigenvalue weighted by atomic mass is 16.4. The van der Waals surface area contributed by atoms with Crippen LogP contribution in [0.25, 0.3) is 10.9 Å². The van der Waals surface area contributed by atoms with Crippen LogP contribution in [0.5, 0.6) is 0 Å². The van der Waals surface area contributed by atoms with Crippen molar-refractivity contribution in [3.63, 3.8) is 0 Å². The number of hydrogen-bond acceptors (Lipinski definition) is 2. The maximum atomic E-state index is 10.7. The van der Waals surface area contributed by atoms with Gasteiger partial charge in [0, 0.05) is 17.1 Å².